The van der Waals surface area contributed by atoms with Crippen LogP contribution in [-0.4, -0.2) is 17.0 Å². The molecule has 0 atom stereocenters. The zero-order valence-corrected chi connectivity index (χ0v) is 14.8. The Bertz CT molecular complexity index is 997. The van der Waals surface area contributed by atoms with Gasteiger partial charge in [0.25, 0.3) is 11.5 Å². The lowest BCUT2D eigenvalue weighted by atomic mass is 10.3. The molecular formula is C17H19N5O2S. The summed E-state index contributed by atoms with van der Waals surface area (Å²) in [6.07, 6.45) is 1.56. The highest BCUT2D eigenvalue weighted by Crippen LogP contribution is 2.11. The van der Waals surface area contributed by atoms with Crippen LogP contribution in [0.5, 0.6) is 0 Å². The molecule has 2 aromatic rings. The minimum atomic E-state index is -0.483. The summed E-state index contributed by atoms with van der Waals surface area (Å²) in [6.45, 7) is 4.32. The minimum Gasteiger partial charge on any atom is -0.399 e. The first-order chi connectivity index (χ1) is 12.0. The maximum atomic E-state index is 12.5. The fraction of sp³-hybridized carbons (Fsp3) is 0.235. The lowest BCUT2D eigenvalue weighted by Crippen LogP contribution is -2.34. The fourth-order valence-corrected chi connectivity index (χ4v) is 3.30. The molecule has 0 spiro atoms. The molecule has 0 aliphatic heterocycles. The van der Waals surface area contributed by atoms with Crippen molar-refractivity contribution in [2.45, 2.75) is 20.4 Å². The van der Waals surface area contributed by atoms with Crippen LogP contribution >= 0.6 is 11.3 Å². The van der Waals surface area contributed by atoms with Gasteiger partial charge in [0.05, 0.1) is 0 Å². The van der Waals surface area contributed by atoms with Crippen LogP contribution in [-0.2, 0) is 11.3 Å². The van der Waals surface area contributed by atoms with Gasteiger partial charge in [-0.25, -0.2) is 0 Å². The normalized spacial score (nSPS) is 12.4. The molecule has 8 heteroatoms. The van der Waals surface area contributed by atoms with Gasteiger partial charge >= 0.3 is 0 Å². The smallest absolute Gasteiger partial charge is 0.270 e. The summed E-state index contributed by atoms with van der Waals surface area (Å²) in [5.74, 6) is -0.483. The van der Waals surface area contributed by atoms with E-state index in [-0.39, 0.29) is 11.1 Å². The molecule has 2 rings (SSSR count). The average molecular weight is 357 g/mol. The molecule has 0 radical (unpaired) electrons. The van der Waals surface area contributed by atoms with E-state index in [4.69, 9.17) is 5.73 Å². The molecule has 1 aromatic carbocycles. The summed E-state index contributed by atoms with van der Waals surface area (Å²) in [5.41, 5.74) is 6.76. The average Bonchev–Trinajstić information content (AvgIpc) is 2.89. The maximum absolute atomic E-state index is 12.5. The summed E-state index contributed by atoms with van der Waals surface area (Å²) in [4.78, 5) is 24.6. The Morgan fingerprint density at radius 1 is 1.44 bits per heavy atom. The number of nitrogens with one attached hydrogen (secondary N) is 2. The number of benzene rings is 1. The lowest BCUT2D eigenvalue weighted by molar-refractivity contribution is -0.115. The third-order valence-corrected chi connectivity index (χ3v) is 4.50. The molecule has 0 bridgehead atoms. The first kappa shape index (κ1) is 18.3. The molecule has 4 N–H and O–H groups in total. The second kappa shape index (κ2) is 8.17. The predicted octanol–water partition coefficient (Wildman–Crippen LogP) is 0.172. The highest BCUT2D eigenvalue weighted by Gasteiger charge is 2.14. The number of nitrogens with two attached hydrogens (primary N) is 1. The maximum Gasteiger partial charge on any atom is 0.270 e. The summed E-state index contributed by atoms with van der Waals surface area (Å²) < 4.78 is 2.17. The molecule has 1 amide bonds. The summed E-state index contributed by atoms with van der Waals surface area (Å²) in [7, 11) is 0. The molecule has 0 unspecified atom stereocenters. The Morgan fingerprint density at radius 2 is 2.20 bits per heavy atom. The molecule has 1 heterocycles. The number of hydrogen-bond acceptors (Lipinski definition) is 6. The first-order valence-electron chi connectivity index (χ1n) is 7.76. The highest BCUT2D eigenvalue weighted by molar-refractivity contribution is 7.07. The molecule has 25 heavy (non-hydrogen) atoms. The first-order valence-corrected chi connectivity index (χ1v) is 8.58. The van der Waals surface area contributed by atoms with Crippen LogP contribution in [0.3, 0.4) is 0 Å². The number of hydrogen-bond donors (Lipinski definition) is 3. The molecule has 130 valence electrons. The van der Waals surface area contributed by atoms with E-state index in [2.05, 4.69) is 10.6 Å². The van der Waals surface area contributed by atoms with E-state index in [1.165, 1.54) is 4.57 Å². The number of rotatable bonds is 5. The van der Waals surface area contributed by atoms with E-state index >= 15 is 0 Å². The summed E-state index contributed by atoms with van der Waals surface area (Å²) in [5, 5.41) is 14.9. The number of thiazole rings is 1. The number of aromatic nitrogens is 1. The van der Waals surface area contributed by atoms with Gasteiger partial charge in [0, 0.05) is 30.7 Å². The zero-order chi connectivity index (χ0) is 18.4. The monoisotopic (exact) mass is 357 g/mol. The minimum absolute atomic E-state index is 0.0607. The third kappa shape index (κ3) is 4.08. The van der Waals surface area contributed by atoms with Gasteiger partial charge in [-0.3, -0.25) is 14.2 Å². The van der Waals surface area contributed by atoms with Gasteiger partial charge in [-0.2, -0.15) is 5.26 Å². The topological polar surface area (TPSA) is 113 Å². The van der Waals surface area contributed by atoms with Crippen LogP contribution < -0.4 is 31.1 Å². The van der Waals surface area contributed by atoms with Gasteiger partial charge in [0.1, 0.15) is 15.3 Å². The molecule has 0 saturated heterocycles. The largest absolute Gasteiger partial charge is 0.399 e. The van der Waals surface area contributed by atoms with Crippen molar-refractivity contribution in [3.05, 3.63) is 43.8 Å². The van der Waals surface area contributed by atoms with Crippen molar-refractivity contribution in [2.24, 2.45) is 0 Å². The summed E-state index contributed by atoms with van der Waals surface area (Å²) in [6, 6.07) is 9.03. The molecule has 0 aliphatic carbocycles. The number of amides is 1. The van der Waals surface area contributed by atoms with Crippen molar-refractivity contribution >= 4 is 40.4 Å². The van der Waals surface area contributed by atoms with E-state index in [1.807, 2.05) is 12.1 Å². The Morgan fingerprint density at radius 3 is 2.80 bits per heavy atom. The Hall–Kier alpha value is -3.05. The van der Waals surface area contributed by atoms with Gasteiger partial charge in [-0.15, -0.1) is 11.3 Å². The number of nitrogen functional groups attached to an aromatic ring is 1. The number of anilines is 2. The Kier molecular flexibility index (Phi) is 5.98. The summed E-state index contributed by atoms with van der Waals surface area (Å²) >= 11 is 1.10. The second-order valence-corrected chi connectivity index (χ2v) is 6.11. The van der Waals surface area contributed by atoms with Crippen LogP contribution in [0.25, 0.3) is 11.8 Å². The van der Waals surface area contributed by atoms with Crippen LogP contribution in [0.2, 0.25) is 0 Å². The van der Waals surface area contributed by atoms with E-state index in [0.717, 1.165) is 17.0 Å². The number of carbonyl (C=O) groups excluding carboxylic acids is 1. The molecule has 1 aromatic heterocycles. The molecule has 0 aliphatic rings. The standard InChI is InChI=1S/C17H19N5O2S/c1-3-20-15(23)13(9-18)17-22(4-2)16(24)14(25-17)10-21-12-7-5-6-11(19)8-12/h5-8,10,21H,3-4,19H2,1-2H3,(H,20,23). The molecule has 0 fully saturated rings. The van der Waals surface area contributed by atoms with Crippen molar-refractivity contribution in [3.8, 4) is 6.07 Å². The van der Waals surface area contributed by atoms with Gasteiger partial charge in [-0.1, -0.05) is 6.07 Å². The molecular weight excluding hydrogens is 338 g/mol. The molecule has 0 saturated carbocycles. The Balaban J connectivity index is 2.58. The third-order valence-electron chi connectivity index (χ3n) is 3.37. The van der Waals surface area contributed by atoms with Gasteiger partial charge in [-0.05, 0) is 32.0 Å². The fourth-order valence-electron chi connectivity index (χ4n) is 2.21. The van der Waals surface area contributed by atoms with Crippen molar-refractivity contribution < 1.29 is 4.79 Å². The zero-order valence-electron chi connectivity index (χ0n) is 14.0. The van der Waals surface area contributed by atoms with Crippen LogP contribution in [0.1, 0.15) is 13.8 Å². The SMILES string of the molecule is CCNC(=O)C(C#N)=c1sc(=CNc2cccc(N)c2)c(=O)n1CC. The number of nitrogens with zero attached hydrogens (tertiary/aromatic N) is 2. The number of carbonyl (C=O) groups is 1. The van der Waals surface area contributed by atoms with Crippen molar-refractivity contribution in [3.63, 3.8) is 0 Å². The Labute approximate surface area is 148 Å². The lowest BCUT2D eigenvalue weighted by Gasteiger charge is -2.00. The van der Waals surface area contributed by atoms with E-state index in [0.29, 0.717) is 28.0 Å². The van der Waals surface area contributed by atoms with E-state index in [1.54, 1.807) is 38.2 Å². The van der Waals surface area contributed by atoms with Crippen molar-refractivity contribution in [1.82, 2.24) is 9.88 Å². The van der Waals surface area contributed by atoms with Crippen LogP contribution in [0.15, 0.2) is 29.1 Å². The van der Waals surface area contributed by atoms with Gasteiger partial charge in [0.15, 0.2) is 5.57 Å². The predicted molar refractivity (Wildman–Crippen MR) is 100 cm³/mol. The van der Waals surface area contributed by atoms with Crippen LogP contribution in [0.4, 0.5) is 11.4 Å². The van der Waals surface area contributed by atoms with Gasteiger partial charge < -0.3 is 16.4 Å². The van der Waals surface area contributed by atoms with Crippen LogP contribution in [0, 0.1) is 11.3 Å². The van der Waals surface area contributed by atoms with E-state index < -0.39 is 5.91 Å². The van der Waals surface area contributed by atoms with Crippen molar-refractivity contribution in [2.75, 3.05) is 17.6 Å². The van der Waals surface area contributed by atoms with E-state index in [9.17, 15) is 14.9 Å². The quantitative estimate of drug-likeness (QED) is 0.661. The number of nitriles is 1. The molecule has 7 nitrogen and oxygen atoms in total. The van der Waals surface area contributed by atoms with Crippen molar-refractivity contribution in [1.29, 1.82) is 5.26 Å². The second-order valence-electron chi connectivity index (χ2n) is 5.08. The highest BCUT2D eigenvalue weighted by atomic mass is 32.1. The van der Waals surface area contributed by atoms with Gasteiger partial charge in [0.2, 0.25) is 0 Å².